The van der Waals surface area contributed by atoms with Crippen LogP contribution in [0.15, 0.2) is 13.2 Å². The Morgan fingerprint density at radius 3 is 1.58 bits per heavy atom. The molecule has 0 aromatic heterocycles. The van der Waals surface area contributed by atoms with Gasteiger partial charge in [0, 0.05) is 13.8 Å². The van der Waals surface area contributed by atoms with Gasteiger partial charge in [0.05, 0.1) is 0 Å². The predicted molar refractivity (Wildman–Crippen MR) is 44.7 cm³/mol. The summed E-state index contributed by atoms with van der Waals surface area (Å²) in [6.07, 6.45) is 0. The highest BCUT2D eigenvalue weighted by molar-refractivity contribution is 8.04. The molecular weight excluding hydrogens is 182 g/mol. The van der Waals surface area contributed by atoms with Crippen LogP contribution in [0, 0.1) is 0 Å². The monoisotopic (exact) mass is 193 g/mol. The minimum atomic E-state index is -4.04. The molecule has 70 valence electrons. The Kier molecular flexibility index (Phi) is 6.13. The summed E-state index contributed by atoms with van der Waals surface area (Å²) in [7, 11) is -4.04. The summed E-state index contributed by atoms with van der Waals surface area (Å²) in [5.41, 5.74) is 0. The molecule has 0 heterocycles. The van der Waals surface area contributed by atoms with E-state index in [1.54, 1.807) is 0 Å². The molecule has 1 N–H and O–H groups in total. The van der Waals surface area contributed by atoms with Crippen molar-refractivity contribution in [3.63, 3.8) is 0 Å². The maximum Gasteiger partial charge on any atom is 0.297 e. The van der Waals surface area contributed by atoms with Crippen molar-refractivity contribution in [2.45, 2.75) is 13.8 Å². The molecule has 0 bridgehead atoms. The van der Waals surface area contributed by atoms with Crippen LogP contribution in [-0.4, -0.2) is 19.4 Å². The van der Waals surface area contributed by atoms with Crippen molar-refractivity contribution in [3.05, 3.63) is 13.2 Å². The molecule has 0 aliphatic heterocycles. The zero-order chi connectivity index (χ0) is 10.4. The number of nitrogens with one attached hydrogen (secondary N) is 1. The van der Waals surface area contributed by atoms with Gasteiger partial charge in [-0.15, -0.1) is 13.2 Å². The van der Waals surface area contributed by atoms with Gasteiger partial charge in [0.1, 0.15) is 0 Å². The molecule has 0 aliphatic rings. The lowest BCUT2D eigenvalue weighted by atomic mass is 10.8. The SMILES string of the molecule is C=C.CC(=O)NS(=O)(=O)C(C)=O. The van der Waals surface area contributed by atoms with Gasteiger partial charge in [-0.25, -0.2) is 4.72 Å². The second-order valence-corrected chi connectivity index (χ2v) is 3.44. The predicted octanol–water partition coefficient (Wildman–Crippen LogP) is -0.199. The summed E-state index contributed by atoms with van der Waals surface area (Å²) >= 11 is 0. The third kappa shape index (κ3) is 5.60. The van der Waals surface area contributed by atoms with Crippen LogP contribution in [0.5, 0.6) is 0 Å². The number of sulfonamides is 1. The zero-order valence-corrected chi connectivity index (χ0v) is 7.77. The van der Waals surface area contributed by atoms with E-state index in [0.29, 0.717) is 0 Å². The summed E-state index contributed by atoms with van der Waals surface area (Å²) in [6, 6.07) is 0. The molecule has 0 radical (unpaired) electrons. The Morgan fingerprint density at radius 1 is 1.17 bits per heavy atom. The Bertz CT molecular complexity index is 267. The van der Waals surface area contributed by atoms with Crippen molar-refractivity contribution >= 4 is 21.0 Å². The standard InChI is InChI=1S/C4H7NO4S.C2H4/c1-3(6)5-10(8,9)4(2)7;1-2/h1-2H3,(H,5,6);1-2H2. The van der Waals surface area contributed by atoms with Crippen LogP contribution in [0.4, 0.5) is 0 Å². The van der Waals surface area contributed by atoms with Crippen LogP contribution >= 0.6 is 0 Å². The van der Waals surface area contributed by atoms with Crippen LogP contribution < -0.4 is 4.72 Å². The number of hydrogen-bond donors (Lipinski definition) is 1. The fourth-order valence-corrected chi connectivity index (χ4v) is 0.783. The highest BCUT2D eigenvalue weighted by Crippen LogP contribution is 1.83. The summed E-state index contributed by atoms with van der Waals surface area (Å²) < 4.78 is 22.4. The molecule has 0 aromatic carbocycles. The van der Waals surface area contributed by atoms with E-state index in [9.17, 15) is 18.0 Å². The lowest BCUT2D eigenvalue weighted by Gasteiger charge is -1.96. The van der Waals surface area contributed by atoms with Crippen molar-refractivity contribution in [3.8, 4) is 0 Å². The molecule has 0 saturated carbocycles. The molecule has 0 saturated heterocycles. The zero-order valence-electron chi connectivity index (χ0n) is 6.96. The number of carbonyl (C=O) groups excluding carboxylic acids is 2. The van der Waals surface area contributed by atoms with Crippen LogP contribution in [0.1, 0.15) is 13.8 Å². The van der Waals surface area contributed by atoms with Gasteiger partial charge in [-0.1, -0.05) is 0 Å². The first-order valence-corrected chi connectivity index (χ1v) is 4.38. The van der Waals surface area contributed by atoms with E-state index in [0.717, 1.165) is 13.8 Å². The topological polar surface area (TPSA) is 80.3 Å². The molecule has 6 heteroatoms. The Morgan fingerprint density at radius 2 is 1.50 bits per heavy atom. The Labute approximate surface area is 71.5 Å². The smallest absolute Gasteiger partial charge is 0.280 e. The third-order valence-corrected chi connectivity index (χ3v) is 1.97. The van der Waals surface area contributed by atoms with Gasteiger partial charge < -0.3 is 0 Å². The molecule has 0 rings (SSSR count). The van der Waals surface area contributed by atoms with Crippen molar-refractivity contribution in [1.82, 2.24) is 4.72 Å². The van der Waals surface area contributed by atoms with E-state index in [1.165, 1.54) is 4.72 Å². The second-order valence-electron chi connectivity index (χ2n) is 1.65. The highest BCUT2D eigenvalue weighted by Gasteiger charge is 2.16. The largest absolute Gasteiger partial charge is 0.297 e. The maximum atomic E-state index is 10.5. The molecular formula is C6H11NO4S. The molecule has 0 atom stereocenters. The fourth-order valence-electron chi connectivity index (χ4n) is 0.261. The molecule has 1 amide bonds. The molecule has 0 spiro atoms. The van der Waals surface area contributed by atoms with Crippen LogP contribution in [0.25, 0.3) is 0 Å². The first kappa shape index (κ1) is 13.4. The van der Waals surface area contributed by atoms with Crippen molar-refractivity contribution in [1.29, 1.82) is 0 Å². The number of rotatable bonds is 0. The summed E-state index contributed by atoms with van der Waals surface area (Å²) in [4.78, 5) is 20.3. The number of amides is 1. The van der Waals surface area contributed by atoms with Gasteiger partial charge in [0.25, 0.3) is 15.1 Å². The summed E-state index contributed by atoms with van der Waals surface area (Å²) in [6.45, 7) is 7.88. The molecule has 0 aromatic rings. The van der Waals surface area contributed by atoms with Gasteiger partial charge in [0.15, 0.2) is 0 Å². The average molecular weight is 193 g/mol. The minimum absolute atomic E-state index is 0.768. The normalized spacial score (nSPS) is 9.17. The first-order valence-electron chi connectivity index (χ1n) is 2.90. The van der Waals surface area contributed by atoms with Crippen molar-refractivity contribution in [2.75, 3.05) is 0 Å². The van der Waals surface area contributed by atoms with E-state index in [1.807, 2.05) is 0 Å². The van der Waals surface area contributed by atoms with Gasteiger partial charge in [-0.05, 0) is 0 Å². The quantitative estimate of drug-likeness (QED) is 0.540. The molecule has 0 unspecified atom stereocenters. The lowest BCUT2D eigenvalue weighted by Crippen LogP contribution is -2.32. The molecule has 0 aliphatic carbocycles. The average Bonchev–Trinajstić information content (AvgIpc) is 1.89. The highest BCUT2D eigenvalue weighted by atomic mass is 32.2. The van der Waals surface area contributed by atoms with E-state index in [2.05, 4.69) is 13.2 Å². The molecule has 0 fully saturated rings. The van der Waals surface area contributed by atoms with E-state index < -0.39 is 21.0 Å². The summed E-state index contributed by atoms with van der Waals surface area (Å²) in [5, 5.41) is -1.07. The van der Waals surface area contributed by atoms with Gasteiger partial charge in [0.2, 0.25) is 5.91 Å². The van der Waals surface area contributed by atoms with E-state index in [4.69, 9.17) is 0 Å². The third-order valence-electron chi connectivity index (χ3n) is 0.657. The van der Waals surface area contributed by atoms with Gasteiger partial charge >= 0.3 is 0 Å². The molecule has 12 heavy (non-hydrogen) atoms. The van der Waals surface area contributed by atoms with E-state index in [-0.39, 0.29) is 0 Å². The summed E-state index contributed by atoms with van der Waals surface area (Å²) in [5.74, 6) is -0.768. The van der Waals surface area contributed by atoms with Crippen LogP contribution in [0.3, 0.4) is 0 Å². The second kappa shape index (κ2) is 5.48. The van der Waals surface area contributed by atoms with Crippen molar-refractivity contribution in [2.24, 2.45) is 0 Å². The van der Waals surface area contributed by atoms with E-state index >= 15 is 0 Å². The van der Waals surface area contributed by atoms with Crippen molar-refractivity contribution < 1.29 is 18.0 Å². The minimum Gasteiger partial charge on any atom is -0.280 e. The van der Waals surface area contributed by atoms with Crippen LogP contribution in [-0.2, 0) is 19.6 Å². The lowest BCUT2D eigenvalue weighted by molar-refractivity contribution is -0.118. The molecule has 5 nitrogen and oxygen atoms in total. The van der Waals surface area contributed by atoms with Crippen LogP contribution in [0.2, 0.25) is 0 Å². The first-order chi connectivity index (χ1) is 5.36. The fraction of sp³-hybridized carbons (Fsp3) is 0.333. The van der Waals surface area contributed by atoms with Gasteiger partial charge in [-0.2, -0.15) is 8.42 Å². The number of hydrogen-bond acceptors (Lipinski definition) is 4. The van der Waals surface area contributed by atoms with Gasteiger partial charge in [-0.3, -0.25) is 9.59 Å². The number of carbonyl (C=O) groups is 2. The Balaban J connectivity index is 0. The maximum absolute atomic E-state index is 10.5. The Hall–Kier alpha value is -1.17.